The van der Waals surface area contributed by atoms with Gasteiger partial charge in [-0.25, -0.2) is 9.78 Å². The van der Waals surface area contributed by atoms with Gasteiger partial charge >= 0.3 is 6.03 Å². The van der Waals surface area contributed by atoms with Crippen LogP contribution in [0.25, 0.3) is 5.65 Å². The van der Waals surface area contributed by atoms with Gasteiger partial charge in [-0.15, -0.1) is 0 Å². The van der Waals surface area contributed by atoms with Crippen molar-refractivity contribution in [2.75, 3.05) is 17.2 Å². The summed E-state index contributed by atoms with van der Waals surface area (Å²) in [7, 11) is 0. The lowest BCUT2D eigenvalue weighted by Crippen LogP contribution is -2.20. The number of ether oxygens (including phenoxy) is 2. The minimum atomic E-state index is -0.404. The number of rotatable bonds is 7. The maximum atomic E-state index is 12.4. The van der Waals surface area contributed by atoms with Gasteiger partial charge in [0.1, 0.15) is 23.8 Å². The molecule has 4 aromatic rings. The van der Waals surface area contributed by atoms with E-state index < -0.39 is 6.03 Å². The molecule has 0 saturated carbocycles. The van der Waals surface area contributed by atoms with Crippen LogP contribution in [-0.4, -0.2) is 22.0 Å². The third-order valence-electron chi connectivity index (χ3n) is 4.54. The highest BCUT2D eigenvalue weighted by Gasteiger charge is 2.08. The van der Waals surface area contributed by atoms with Crippen molar-refractivity contribution in [2.45, 2.75) is 13.5 Å². The van der Waals surface area contributed by atoms with Crippen LogP contribution in [0.5, 0.6) is 11.5 Å². The first-order valence-electron chi connectivity index (χ1n) is 10.1. The van der Waals surface area contributed by atoms with Crippen molar-refractivity contribution in [2.24, 2.45) is 0 Å². The molecule has 0 aliphatic heterocycles. The van der Waals surface area contributed by atoms with Gasteiger partial charge in [0.05, 0.1) is 18.0 Å². The number of benzene rings is 2. The topological polar surface area (TPSA) is 94.0 Å². The highest BCUT2D eigenvalue weighted by atomic mass is 16.5. The summed E-state index contributed by atoms with van der Waals surface area (Å²) in [6, 6.07) is 20.6. The zero-order chi connectivity index (χ0) is 22.3. The van der Waals surface area contributed by atoms with Crippen LogP contribution >= 0.6 is 0 Å². The second-order valence-electron chi connectivity index (χ2n) is 6.84. The van der Waals surface area contributed by atoms with Gasteiger partial charge in [0.2, 0.25) is 0 Å². The van der Waals surface area contributed by atoms with E-state index in [0.717, 1.165) is 0 Å². The minimum absolute atomic E-state index is 0.123. The molecule has 32 heavy (non-hydrogen) atoms. The van der Waals surface area contributed by atoms with E-state index in [-0.39, 0.29) is 12.2 Å². The number of anilines is 2. The number of amides is 2. The number of hydrogen-bond acceptors (Lipinski definition) is 5. The molecule has 0 radical (unpaired) electrons. The molecule has 0 saturated heterocycles. The first-order valence-corrected chi connectivity index (χ1v) is 10.1. The number of aromatic nitrogens is 2. The van der Waals surface area contributed by atoms with Crippen LogP contribution in [0.1, 0.15) is 12.6 Å². The third kappa shape index (κ3) is 5.04. The summed E-state index contributed by atoms with van der Waals surface area (Å²) in [5, 5.41) is 5.56. The number of fused-ring (bicyclic) bond motifs is 1. The maximum absolute atomic E-state index is 12.4. The Hall–Kier alpha value is -4.33. The second-order valence-corrected chi connectivity index (χ2v) is 6.84. The van der Waals surface area contributed by atoms with E-state index in [4.69, 9.17) is 9.47 Å². The third-order valence-corrected chi connectivity index (χ3v) is 4.54. The molecule has 0 aliphatic carbocycles. The molecule has 0 aliphatic rings. The van der Waals surface area contributed by atoms with E-state index in [1.165, 1.54) is 10.5 Å². The Bertz CT molecular complexity index is 1300. The van der Waals surface area contributed by atoms with Crippen molar-refractivity contribution >= 4 is 23.1 Å². The highest BCUT2D eigenvalue weighted by molar-refractivity contribution is 6.00. The number of carbonyl (C=O) groups excluding carboxylic acids is 1. The molecule has 0 spiro atoms. The van der Waals surface area contributed by atoms with E-state index in [1.807, 2.05) is 25.1 Å². The number of hydrogen-bond donors (Lipinski definition) is 2. The number of nitrogens with one attached hydrogen (secondary N) is 2. The van der Waals surface area contributed by atoms with Crippen molar-refractivity contribution in [3.05, 3.63) is 95.0 Å². The van der Waals surface area contributed by atoms with E-state index in [2.05, 4.69) is 15.6 Å². The predicted octanol–water partition coefficient (Wildman–Crippen LogP) is 4.32. The largest absolute Gasteiger partial charge is 0.492 e. The summed E-state index contributed by atoms with van der Waals surface area (Å²) in [6.07, 6.45) is 1.67. The fourth-order valence-electron chi connectivity index (χ4n) is 3.13. The Balaban J connectivity index is 1.41. The summed E-state index contributed by atoms with van der Waals surface area (Å²) in [5.41, 5.74) is 2.03. The molecular weight excluding hydrogens is 408 g/mol. The summed E-state index contributed by atoms with van der Waals surface area (Å²) in [4.78, 5) is 29.1. The lowest BCUT2D eigenvalue weighted by molar-refractivity contribution is 0.262. The zero-order valence-corrected chi connectivity index (χ0v) is 17.4. The lowest BCUT2D eigenvalue weighted by Gasteiger charge is -2.13. The number of carbonyl (C=O) groups is 1. The van der Waals surface area contributed by atoms with Crippen LogP contribution in [0.15, 0.2) is 83.8 Å². The van der Waals surface area contributed by atoms with Gasteiger partial charge in [-0.2, -0.15) is 0 Å². The number of pyridine rings is 1. The molecule has 162 valence electrons. The van der Waals surface area contributed by atoms with Gasteiger partial charge in [-0.1, -0.05) is 24.3 Å². The quantitative estimate of drug-likeness (QED) is 0.456. The van der Waals surface area contributed by atoms with Gasteiger partial charge in [-0.05, 0) is 43.3 Å². The van der Waals surface area contributed by atoms with Crippen LogP contribution in [-0.2, 0) is 6.61 Å². The number of nitrogens with zero attached hydrogens (tertiary/aromatic N) is 2. The fraction of sp³-hybridized carbons (Fsp3) is 0.125. The predicted molar refractivity (Wildman–Crippen MR) is 122 cm³/mol. The first-order chi connectivity index (χ1) is 15.6. The Labute approximate surface area is 184 Å². The summed E-state index contributed by atoms with van der Waals surface area (Å²) in [6.45, 7) is 2.50. The molecule has 2 N–H and O–H groups in total. The van der Waals surface area contributed by atoms with Gasteiger partial charge in [0, 0.05) is 24.0 Å². The second kappa shape index (κ2) is 9.65. The van der Waals surface area contributed by atoms with Crippen LogP contribution in [0.3, 0.4) is 0 Å². The minimum Gasteiger partial charge on any atom is -0.492 e. The van der Waals surface area contributed by atoms with Crippen molar-refractivity contribution in [3.8, 4) is 11.5 Å². The summed E-state index contributed by atoms with van der Waals surface area (Å²) < 4.78 is 12.8. The average Bonchev–Trinajstić information content (AvgIpc) is 2.79. The first kappa shape index (κ1) is 20.9. The zero-order valence-electron chi connectivity index (χ0n) is 17.4. The molecule has 8 nitrogen and oxygen atoms in total. The van der Waals surface area contributed by atoms with Gasteiger partial charge < -0.3 is 20.1 Å². The molecule has 2 heterocycles. The Kier molecular flexibility index (Phi) is 6.31. The van der Waals surface area contributed by atoms with Crippen LogP contribution < -0.4 is 25.7 Å². The smallest absolute Gasteiger partial charge is 0.323 e. The molecule has 2 amide bonds. The van der Waals surface area contributed by atoms with Gasteiger partial charge in [0.25, 0.3) is 5.56 Å². The molecule has 0 atom stereocenters. The van der Waals surface area contributed by atoms with E-state index in [1.54, 1.807) is 54.7 Å². The molecule has 0 fully saturated rings. The Morgan fingerprint density at radius 2 is 1.81 bits per heavy atom. The van der Waals surface area contributed by atoms with Crippen molar-refractivity contribution < 1.29 is 14.3 Å². The molecule has 0 unspecified atom stereocenters. The fourth-order valence-corrected chi connectivity index (χ4v) is 3.13. The number of urea groups is 1. The molecule has 4 rings (SSSR count). The monoisotopic (exact) mass is 430 g/mol. The van der Waals surface area contributed by atoms with E-state index in [0.29, 0.717) is 40.8 Å². The Morgan fingerprint density at radius 1 is 0.969 bits per heavy atom. The molecule has 8 heteroatoms. The maximum Gasteiger partial charge on any atom is 0.323 e. The van der Waals surface area contributed by atoms with E-state index in [9.17, 15) is 9.59 Å². The standard InChI is InChI=1S/C24H22N4O4/c1-2-31-21-11-4-3-10-20(21)27-24(30)26-17-8-7-9-19(14-17)32-16-18-15-23(29)28-13-6-5-12-22(28)25-18/h3-15H,2,16H2,1H3,(H2,26,27,30). The van der Waals surface area contributed by atoms with Gasteiger partial charge in [0.15, 0.2) is 0 Å². The van der Waals surface area contributed by atoms with Crippen molar-refractivity contribution in [1.29, 1.82) is 0 Å². The van der Waals surface area contributed by atoms with Crippen LogP contribution in [0.2, 0.25) is 0 Å². The molecule has 2 aromatic heterocycles. The van der Waals surface area contributed by atoms with Crippen molar-refractivity contribution in [1.82, 2.24) is 9.38 Å². The average molecular weight is 430 g/mol. The van der Waals surface area contributed by atoms with Gasteiger partial charge in [-0.3, -0.25) is 9.20 Å². The van der Waals surface area contributed by atoms with Crippen LogP contribution in [0.4, 0.5) is 16.2 Å². The SMILES string of the molecule is CCOc1ccccc1NC(=O)Nc1cccc(OCc2cc(=O)n3ccccc3n2)c1. The highest BCUT2D eigenvalue weighted by Crippen LogP contribution is 2.24. The summed E-state index contributed by atoms with van der Waals surface area (Å²) in [5.74, 6) is 1.13. The van der Waals surface area contributed by atoms with Crippen LogP contribution in [0, 0.1) is 0 Å². The Morgan fingerprint density at radius 3 is 2.69 bits per heavy atom. The normalized spacial score (nSPS) is 10.5. The molecule has 2 aromatic carbocycles. The molecule has 0 bridgehead atoms. The lowest BCUT2D eigenvalue weighted by atomic mass is 10.3. The summed E-state index contributed by atoms with van der Waals surface area (Å²) >= 11 is 0. The van der Waals surface area contributed by atoms with E-state index >= 15 is 0 Å². The van der Waals surface area contributed by atoms with Crippen molar-refractivity contribution in [3.63, 3.8) is 0 Å². The molecular formula is C24H22N4O4. The number of para-hydroxylation sites is 2.